The van der Waals surface area contributed by atoms with Crippen molar-refractivity contribution in [3.8, 4) is 11.5 Å². The quantitative estimate of drug-likeness (QED) is 0.818. The van der Waals surface area contributed by atoms with E-state index in [1.165, 1.54) is 23.1 Å². The number of benzene rings is 1. The minimum atomic E-state index is -0.429. The summed E-state index contributed by atoms with van der Waals surface area (Å²) in [5, 5.41) is 18.9. The predicted molar refractivity (Wildman–Crippen MR) is 78.8 cm³/mol. The lowest BCUT2D eigenvalue weighted by atomic mass is 10.1. The van der Waals surface area contributed by atoms with E-state index in [9.17, 15) is 19.8 Å². The monoisotopic (exact) mass is 306 g/mol. The molecule has 7 heteroatoms. The van der Waals surface area contributed by atoms with Crippen LogP contribution in [0, 0.1) is 0 Å². The van der Waals surface area contributed by atoms with E-state index in [0.29, 0.717) is 26.2 Å². The molecule has 0 bridgehead atoms. The second-order valence-corrected chi connectivity index (χ2v) is 4.88. The zero-order valence-corrected chi connectivity index (χ0v) is 12.1. The highest BCUT2D eigenvalue weighted by molar-refractivity contribution is 5.95. The standard InChI is InChI=1S/C15H18N2O5/c1-2-7-22-15(21)17-5-3-16(4-6-17)14(20)11-8-12(18)10-13(19)9-11/h2,8-10,18-19H,1,3-7H2. The summed E-state index contributed by atoms with van der Waals surface area (Å²) >= 11 is 0. The van der Waals surface area contributed by atoms with Gasteiger partial charge in [0.25, 0.3) is 5.91 Å². The van der Waals surface area contributed by atoms with E-state index < -0.39 is 6.09 Å². The summed E-state index contributed by atoms with van der Waals surface area (Å²) in [4.78, 5) is 27.1. The normalized spacial score (nSPS) is 14.5. The van der Waals surface area contributed by atoms with Gasteiger partial charge in [-0.25, -0.2) is 4.79 Å². The molecular formula is C15H18N2O5. The molecular weight excluding hydrogens is 288 g/mol. The number of nitrogens with zero attached hydrogens (tertiary/aromatic N) is 2. The summed E-state index contributed by atoms with van der Waals surface area (Å²) in [6.45, 7) is 5.08. The van der Waals surface area contributed by atoms with E-state index in [4.69, 9.17) is 4.74 Å². The van der Waals surface area contributed by atoms with Crippen molar-refractivity contribution >= 4 is 12.0 Å². The molecule has 0 aromatic heterocycles. The first-order valence-electron chi connectivity index (χ1n) is 6.86. The van der Waals surface area contributed by atoms with E-state index in [1.807, 2.05) is 0 Å². The Morgan fingerprint density at radius 3 is 2.18 bits per heavy atom. The zero-order chi connectivity index (χ0) is 16.1. The molecule has 1 saturated heterocycles. The number of carbonyl (C=O) groups excluding carboxylic acids is 2. The number of hydrogen-bond donors (Lipinski definition) is 2. The minimum Gasteiger partial charge on any atom is -0.508 e. The van der Waals surface area contributed by atoms with Crippen molar-refractivity contribution in [3.63, 3.8) is 0 Å². The largest absolute Gasteiger partial charge is 0.508 e. The highest BCUT2D eigenvalue weighted by atomic mass is 16.6. The maximum absolute atomic E-state index is 12.3. The lowest BCUT2D eigenvalue weighted by molar-refractivity contribution is 0.0580. The van der Waals surface area contributed by atoms with Crippen LogP contribution in [0.4, 0.5) is 4.79 Å². The van der Waals surface area contributed by atoms with Gasteiger partial charge in [-0.05, 0) is 12.1 Å². The fraction of sp³-hybridized carbons (Fsp3) is 0.333. The predicted octanol–water partition coefficient (Wildman–Crippen LogP) is 1.18. The van der Waals surface area contributed by atoms with Crippen molar-refractivity contribution < 1.29 is 24.5 Å². The number of rotatable bonds is 3. The van der Waals surface area contributed by atoms with E-state index in [2.05, 4.69) is 6.58 Å². The molecule has 1 aliphatic heterocycles. The molecule has 1 aromatic carbocycles. The molecule has 1 fully saturated rings. The Labute approximate surface area is 128 Å². The second-order valence-electron chi connectivity index (χ2n) is 4.88. The fourth-order valence-corrected chi connectivity index (χ4v) is 2.21. The van der Waals surface area contributed by atoms with Gasteiger partial charge in [-0.3, -0.25) is 4.79 Å². The van der Waals surface area contributed by atoms with Crippen LogP contribution in [0.1, 0.15) is 10.4 Å². The van der Waals surface area contributed by atoms with Crippen LogP contribution in [0.25, 0.3) is 0 Å². The van der Waals surface area contributed by atoms with Gasteiger partial charge in [-0.15, -0.1) is 0 Å². The Kier molecular flexibility index (Phi) is 4.88. The van der Waals surface area contributed by atoms with Crippen molar-refractivity contribution in [1.82, 2.24) is 9.80 Å². The van der Waals surface area contributed by atoms with Crippen LogP contribution in [0.3, 0.4) is 0 Å². The number of phenols is 2. The maximum Gasteiger partial charge on any atom is 0.410 e. The Bertz CT molecular complexity index is 559. The first-order valence-corrected chi connectivity index (χ1v) is 6.86. The lowest BCUT2D eigenvalue weighted by Gasteiger charge is -2.34. The van der Waals surface area contributed by atoms with Gasteiger partial charge in [0.15, 0.2) is 0 Å². The van der Waals surface area contributed by atoms with Crippen molar-refractivity contribution in [1.29, 1.82) is 0 Å². The van der Waals surface area contributed by atoms with Crippen molar-refractivity contribution in [2.24, 2.45) is 0 Å². The summed E-state index contributed by atoms with van der Waals surface area (Å²) < 4.78 is 4.94. The van der Waals surface area contributed by atoms with E-state index in [1.54, 1.807) is 4.90 Å². The first-order chi connectivity index (χ1) is 10.5. The van der Waals surface area contributed by atoms with Crippen LogP contribution in [0.2, 0.25) is 0 Å². The minimum absolute atomic E-state index is 0.153. The average molecular weight is 306 g/mol. The molecule has 1 aliphatic rings. The first kappa shape index (κ1) is 15.7. The van der Waals surface area contributed by atoms with E-state index in [-0.39, 0.29) is 29.6 Å². The zero-order valence-electron chi connectivity index (χ0n) is 12.1. The van der Waals surface area contributed by atoms with E-state index >= 15 is 0 Å². The van der Waals surface area contributed by atoms with Crippen LogP contribution in [-0.4, -0.2) is 64.8 Å². The molecule has 2 N–H and O–H groups in total. The molecule has 22 heavy (non-hydrogen) atoms. The lowest BCUT2D eigenvalue weighted by Crippen LogP contribution is -2.50. The van der Waals surface area contributed by atoms with Gasteiger partial charge >= 0.3 is 6.09 Å². The SMILES string of the molecule is C=CCOC(=O)N1CCN(C(=O)c2cc(O)cc(O)c2)CC1. The summed E-state index contributed by atoms with van der Waals surface area (Å²) in [5.74, 6) is -0.643. The molecule has 2 rings (SSSR count). The molecule has 0 atom stereocenters. The van der Waals surface area contributed by atoms with Crippen LogP contribution in [0.15, 0.2) is 30.9 Å². The van der Waals surface area contributed by atoms with Crippen LogP contribution >= 0.6 is 0 Å². The summed E-state index contributed by atoms with van der Waals surface area (Å²) in [6.07, 6.45) is 1.06. The van der Waals surface area contributed by atoms with Gasteiger partial charge in [0, 0.05) is 37.8 Å². The third kappa shape index (κ3) is 3.69. The smallest absolute Gasteiger partial charge is 0.410 e. The van der Waals surface area contributed by atoms with Crippen LogP contribution in [-0.2, 0) is 4.74 Å². The van der Waals surface area contributed by atoms with Gasteiger partial charge in [0.1, 0.15) is 18.1 Å². The molecule has 2 amide bonds. The number of carbonyl (C=O) groups is 2. The highest BCUT2D eigenvalue weighted by Gasteiger charge is 2.25. The van der Waals surface area contributed by atoms with Crippen molar-refractivity contribution in [2.75, 3.05) is 32.8 Å². The number of aromatic hydroxyl groups is 2. The molecule has 0 aliphatic carbocycles. The molecule has 118 valence electrons. The third-order valence-electron chi connectivity index (χ3n) is 3.30. The average Bonchev–Trinajstić information content (AvgIpc) is 2.51. The topological polar surface area (TPSA) is 90.3 Å². The number of ether oxygens (including phenoxy) is 1. The van der Waals surface area contributed by atoms with Gasteiger partial charge < -0.3 is 24.7 Å². The summed E-state index contributed by atoms with van der Waals surface area (Å²) in [6, 6.07) is 3.75. The number of phenolic OH excluding ortho intramolecular Hbond substituents is 2. The van der Waals surface area contributed by atoms with Crippen LogP contribution < -0.4 is 0 Å². The molecule has 0 unspecified atom stereocenters. The number of hydrogen-bond acceptors (Lipinski definition) is 5. The molecule has 0 spiro atoms. The van der Waals surface area contributed by atoms with Gasteiger partial charge in [0.05, 0.1) is 0 Å². The van der Waals surface area contributed by atoms with Crippen molar-refractivity contribution in [2.45, 2.75) is 0 Å². The van der Waals surface area contributed by atoms with Gasteiger partial charge in [-0.2, -0.15) is 0 Å². The second kappa shape index (κ2) is 6.84. The Morgan fingerprint density at radius 1 is 1.09 bits per heavy atom. The Hall–Kier alpha value is -2.70. The molecule has 0 saturated carbocycles. The maximum atomic E-state index is 12.3. The molecule has 1 aromatic rings. The Morgan fingerprint density at radius 2 is 1.64 bits per heavy atom. The molecule has 7 nitrogen and oxygen atoms in total. The highest BCUT2D eigenvalue weighted by Crippen LogP contribution is 2.22. The summed E-state index contributed by atoms with van der Waals surface area (Å²) in [5.41, 5.74) is 0.209. The van der Waals surface area contributed by atoms with Gasteiger partial charge in [0.2, 0.25) is 0 Å². The Balaban J connectivity index is 1.95. The number of amides is 2. The van der Waals surface area contributed by atoms with Gasteiger partial charge in [-0.1, -0.05) is 12.7 Å². The molecule has 1 heterocycles. The van der Waals surface area contributed by atoms with Crippen molar-refractivity contribution in [3.05, 3.63) is 36.4 Å². The molecule has 0 radical (unpaired) electrons. The summed E-state index contributed by atoms with van der Waals surface area (Å²) in [7, 11) is 0. The van der Waals surface area contributed by atoms with E-state index in [0.717, 1.165) is 6.07 Å². The third-order valence-corrected chi connectivity index (χ3v) is 3.30. The fourth-order valence-electron chi connectivity index (χ4n) is 2.21. The number of piperazine rings is 1. The van der Waals surface area contributed by atoms with Crippen LogP contribution in [0.5, 0.6) is 11.5 Å².